The first-order chi connectivity index (χ1) is 16.2. The van der Waals surface area contributed by atoms with Crippen LogP contribution in [0.2, 0.25) is 0 Å². The lowest BCUT2D eigenvalue weighted by molar-refractivity contribution is 0.0984. The summed E-state index contributed by atoms with van der Waals surface area (Å²) in [5.41, 5.74) is 6.02. The van der Waals surface area contributed by atoms with Crippen LogP contribution < -0.4 is 31.4 Å². The Hall–Kier alpha value is -4.01. The van der Waals surface area contributed by atoms with E-state index in [1.165, 1.54) is 23.7 Å². The quantitative estimate of drug-likeness (QED) is 0.500. The molecule has 0 saturated heterocycles. The van der Waals surface area contributed by atoms with Gasteiger partial charge in [0, 0.05) is 18.2 Å². The molecule has 3 N–H and O–H groups in total. The highest BCUT2D eigenvalue weighted by molar-refractivity contribution is 6.07. The molecule has 0 spiro atoms. The molecule has 0 saturated carbocycles. The highest BCUT2D eigenvalue weighted by Crippen LogP contribution is 2.26. The van der Waals surface area contributed by atoms with Crippen molar-refractivity contribution in [1.29, 1.82) is 0 Å². The number of aromatic nitrogens is 2. The zero-order valence-corrected chi connectivity index (χ0v) is 19.8. The average molecular weight is 467 g/mol. The first-order valence-electron chi connectivity index (χ1n) is 11.0. The number of rotatable bonds is 9. The van der Waals surface area contributed by atoms with Gasteiger partial charge in [-0.3, -0.25) is 19.1 Å². The van der Waals surface area contributed by atoms with Gasteiger partial charge in [0.2, 0.25) is 0 Å². The van der Waals surface area contributed by atoms with E-state index >= 15 is 0 Å². The standard InChI is InChI=1S/C25H30N4O5/c1-16(2)10-11-28(24(31)18-12-19(33-3)14-20(13-18)34-4)21-22(26)29(25(32)27-23(21)30)15-17-8-6-5-7-9-17/h5-9,12-14,16H,10-11,15,26H2,1-4H3,(H,27,30,32). The lowest BCUT2D eigenvalue weighted by Gasteiger charge is -2.25. The molecule has 180 valence electrons. The average Bonchev–Trinajstić information content (AvgIpc) is 2.83. The van der Waals surface area contributed by atoms with E-state index in [2.05, 4.69) is 4.98 Å². The molecule has 0 atom stereocenters. The molecule has 0 bridgehead atoms. The number of hydrogen-bond donors (Lipinski definition) is 2. The Morgan fingerprint density at radius 1 is 1.06 bits per heavy atom. The smallest absolute Gasteiger partial charge is 0.330 e. The van der Waals surface area contributed by atoms with Gasteiger partial charge >= 0.3 is 5.69 Å². The molecular formula is C25H30N4O5. The monoisotopic (exact) mass is 466 g/mol. The maximum Gasteiger partial charge on any atom is 0.330 e. The summed E-state index contributed by atoms with van der Waals surface area (Å²) in [5.74, 6) is 0.583. The summed E-state index contributed by atoms with van der Waals surface area (Å²) in [6.07, 6.45) is 0.615. The van der Waals surface area contributed by atoms with Crippen LogP contribution in [0.4, 0.5) is 11.5 Å². The largest absolute Gasteiger partial charge is 0.497 e. The molecule has 1 aromatic heterocycles. The van der Waals surface area contributed by atoms with Crippen LogP contribution in [0, 0.1) is 5.92 Å². The number of methoxy groups -OCH3 is 2. The van der Waals surface area contributed by atoms with Crippen molar-refractivity contribution in [3.8, 4) is 11.5 Å². The molecule has 0 radical (unpaired) electrons. The van der Waals surface area contributed by atoms with Crippen molar-refractivity contribution in [1.82, 2.24) is 9.55 Å². The van der Waals surface area contributed by atoms with Crippen LogP contribution in [-0.4, -0.2) is 36.2 Å². The molecule has 2 aromatic carbocycles. The van der Waals surface area contributed by atoms with Crippen molar-refractivity contribution in [2.75, 3.05) is 31.4 Å². The predicted molar refractivity (Wildman–Crippen MR) is 132 cm³/mol. The minimum Gasteiger partial charge on any atom is -0.497 e. The minimum atomic E-state index is -0.723. The molecule has 3 rings (SSSR count). The second-order valence-electron chi connectivity index (χ2n) is 8.31. The molecule has 0 fully saturated rings. The van der Waals surface area contributed by atoms with E-state index in [1.807, 2.05) is 44.2 Å². The van der Waals surface area contributed by atoms with Gasteiger partial charge in [0.15, 0.2) is 5.69 Å². The van der Waals surface area contributed by atoms with Gasteiger partial charge in [0.25, 0.3) is 11.5 Å². The summed E-state index contributed by atoms with van der Waals surface area (Å²) < 4.78 is 11.8. The Morgan fingerprint density at radius 2 is 1.68 bits per heavy atom. The van der Waals surface area contributed by atoms with E-state index in [0.717, 1.165) is 5.56 Å². The van der Waals surface area contributed by atoms with E-state index in [9.17, 15) is 14.4 Å². The number of carbonyl (C=O) groups excluding carboxylic acids is 1. The van der Waals surface area contributed by atoms with Gasteiger partial charge in [0.1, 0.15) is 17.3 Å². The zero-order chi connectivity index (χ0) is 24.8. The SMILES string of the molecule is COc1cc(OC)cc(C(=O)N(CCC(C)C)c2c(N)n(Cc3ccccc3)c(=O)[nH]c2=O)c1. The molecular weight excluding hydrogens is 436 g/mol. The van der Waals surface area contributed by atoms with Gasteiger partial charge in [-0.1, -0.05) is 44.2 Å². The highest BCUT2D eigenvalue weighted by Gasteiger charge is 2.26. The normalized spacial score (nSPS) is 10.9. The molecule has 0 aliphatic heterocycles. The van der Waals surface area contributed by atoms with E-state index in [1.54, 1.807) is 18.2 Å². The lowest BCUT2D eigenvalue weighted by Crippen LogP contribution is -2.42. The number of aromatic amines is 1. The van der Waals surface area contributed by atoms with Crippen LogP contribution in [0.5, 0.6) is 11.5 Å². The molecule has 1 heterocycles. The molecule has 0 unspecified atom stereocenters. The van der Waals surface area contributed by atoms with Crippen molar-refractivity contribution in [2.24, 2.45) is 5.92 Å². The number of benzene rings is 2. The van der Waals surface area contributed by atoms with Gasteiger partial charge in [-0.05, 0) is 30.0 Å². The van der Waals surface area contributed by atoms with Crippen LogP contribution in [0.3, 0.4) is 0 Å². The van der Waals surface area contributed by atoms with Crippen molar-refractivity contribution in [3.05, 3.63) is 80.5 Å². The second kappa shape index (κ2) is 10.7. The van der Waals surface area contributed by atoms with Gasteiger partial charge in [-0.15, -0.1) is 0 Å². The Balaban J connectivity index is 2.14. The molecule has 3 aromatic rings. The summed E-state index contributed by atoms with van der Waals surface area (Å²) in [6.45, 7) is 4.41. The third kappa shape index (κ3) is 5.48. The lowest BCUT2D eigenvalue weighted by atomic mass is 10.1. The van der Waals surface area contributed by atoms with Crippen LogP contribution in [0.1, 0.15) is 36.2 Å². The molecule has 0 aliphatic carbocycles. The summed E-state index contributed by atoms with van der Waals surface area (Å²) in [4.78, 5) is 42.9. The Morgan fingerprint density at radius 3 is 2.24 bits per heavy atom. The number of anilines is 2. The molecule has 9 heteroatoms. The fourth-order valence-electron chi connectivity index (χ4n) is 3.55. The van der Waals surface area contributed by atoms with Crippen LogP contribution in [-0.2, 0) is 6.54 Å². The third-order valence-electron chi connectivity index (χ3n) is 5.44. The number of nitrogens with one attached hydrogen (secondary N) is 1. The number of amides is 1. The molecule has 9 nitrogen and oxygen atoms in total. The fraction of sp³-hybridized carbons (Fsp3) is 0.320. The van der Waals surface area contributed by atoms with Crippen LogP contribution in [0.15, 0.2) is 58.1 Å². The third-order valence-corrected chi connectivity index (χ3v) is 5.44. The maximum absolute atomic E-state index is 13.7. The Labute approximate surface area is 197 Å². The Bertz CT molecular complexity index is 1240. The topological polar surface area (TPSA) is 120 Å². The van der Waals surface area contributed by atoms with E-state index in [0.29, 0.717) is 17.9 Å². The molecule has 34 heavy (non-hydrogen) atoms. The summed E-state index contributed by atoms with van der Waals surface area (Å²) in [6, 6.07) is 14.0. The fourth-order valence-corrected chi connectivity index (χ4v) is 3.55. The number of ether oxygens (including phenoxy) is 2. The van der Waals surface area contributed by atoms with Crippen molar-refractivity contribution < 1.29 is 14.3 Å². The maximum atomic E-state index is 13.7. The van der Waals surface area contributed by atoms with E-state index in [4.69, 9.17) is 15.2 Å². The molecule has 0 aliphatic rings. The molecule has 1 amide bonds. The number of hydrogen-bond acceptors (Lipinski definition) is 6. The van der Waals surface area contributed by atoms with Gasteiger partial charge in [-0.25, -0.2) is 4.79 Å². The predicted octanol–water partition coefficient (Wildman–Crippen LogP) is 2.88. The second-order valence-corrected chi connectivity index (χ2v) is 8.31. The van der Waals surface area contributed by atoms with Gasteiger partial charge in [0.05, 0.1) is 20.8 Å². The summed E-state index contributed by atoms with van der Waals surface area (Å²) >= 11 is 0. The van der Waals surface area contributed by atoms with Gasteiger partial charge in [-0.2, -0.15) is 0 Å². The van der Waals surface area contributed by atoms with Crippen molar-refractivity contribution in [3.63, 3.8) is 0 Å². The number of H-pyrrole nitrogens is 1. The van der Waals surface area contributed by atoms with Crippen LogP contribution in [0.25, 0.3) is 0 Å². The Kier molecular flexibility index (Phi) is 7.78. The number of nitrogens with zero attached hydrogens (tertiary/aromatic N) is 2. The van der Waals surface area contributed by atoms with Crippen molar-refractivity contribution >= 4 is 17.4 Å². The zero-order valence-electron chi connectivity index (χ0n) is 19.8. The number of nitrogens with two attached hydrogens (primary N) is 1. The number of nitrogen functional groups attached to an aromatic ring is 1. The number of carbonyl (C=O) groups is 1. The summed E-state index contributed by atoms with van der Waals surface area (Å²) in [7, 11) is 2.98. The van der Waals surface area contributed by atoms with E-state index < -0.39 is 17.2 Å². The van der Waals surface area contributed by atoms with Gasteiger partial charge < -0.3 is 20.1 Å². The minimum absolute atomic E-state index is 0.0667. The highest BCUT2D eigenvalue weighted by atomic mass is 16.5. The van der Waals surface area contributed by atoms with E-state index in [-0.39, 0.29) is 36.1 Å². The van der Waals surface area contributed by atoms with Crippen LogP contribution >= 0.6 is 0 Å². The summed E-state index contributed by atoms with van der Waals surface area (Å²) in [5, 5.41) is 0. The first kappa shape index (κ1) is 24.6. The van der Waals surface area contributed by atoms with Crippen molar-refractivity contribution in [2.45, 2.75) is 26.8 Å². The first-order valence-corrected chi connectivity index (χ1v) is 11.0.